The van der Waals surface area contributed by atoms with E-state index in [1.165, 1.54) is 10.9 Å². The summed E-state index contributed by atoms with van der Waals surface area (Å²) in [7, 11) is -1.89. The van der Waals surface area contributed by atoms with Crippen LogP contribution in [-0.2, 0) is 21.8 Å². The molecule has 22 heavy (non-hydrogen) atoms. The number of ether oxygens (including phenoxy) is 1. The Balaban J connectivity index is 2.17. The van der Waals surface area contributed by atoms with Crippen LogP contribution in [0.25, 0.3) is 11.3 Å². The lowest BCUT2D eigenvalue weighted by molar-refractivity contribution is 0.146. The highest BCUT2D eigenvalue weighted by Gasteiger charge is 2.22. The maximum atomic E-state index is 12.5. The standard InChI is InChI=1S/C15H21N3O3S/c1-3-21-11-7-10-16-22(19,20)14-12-18(2)17-15(14)13-8-5-4-6-9-13/h4-6,8-9,12,16H,3,7,10-11H2,1-2H3. The second kappa shape index (κ2) is 7.53. The Morgan fingerprint density at radius 1 is 1.27 bits per heavy atom. The maximum Gasteiger partial charge on any atom is 0.244 e. The molecule has 2 rings (SSSR count). The molecule has 1 aromatic heterocycles. The van der Waals surface area contributed by atoms with E-state index in [9.17, 15) is 8.42 Å². The number of sulfonamides is 1. The molecule has 0 saturated heterocycles. The smallest absolute Gasteiger partial charge is 0.244 e. The number of nitrogens with one attached hydrogen (secondary N) is 1. The highest BCUT2D eigenvalue weighted by Crippen LogP contribution is 2.25. The molecule has 0 amide bonds. The van der Waals surface area contributed by atoms with Crippen molar-refractivity contribution in [1.82, 2.24) is 14.5 Å². The van der Waals surface area contributed by atoms with Gasteiger partial charge in [-0.1, -0.05) is 30.3 Å². The van der Waals surface area contributed by atoms with Gasteiger partial charge in [-0.05, 0) is 13.3 Å². The minimum Gasteiger partial charge on any atom is -0.382 e. The molecule has 6 nitrogen and oxygen atoms in total. The molecule has 2 aromatic rings. The van der Waals surface area contributed by atoms with E-state index in [1.807, 2.05) is 37.3 Å². The molecule has 1 N–H and O–H groups in total. The van der Waals surface area contributed by atoms with Crippen molar-refractivity contribution < 1.29 is 13.2 Å². The number of aromatic nitrogens is 2. The van der Waals surface area contributed by atoms with Crippen molar-refractivity contribution in [1.29, 1.82) is 0 Å². The summed E-state index contributed by atoms with van der Waals surface area (Å²) in [4.78, 5) is 0.192. The third kappa shape index (κ3) is 4.16. The fourth-order valence-corrected chi connectivity index (χ4v) is 3.34. The molecule has 1 heterocycles. The van der Waals surface area contributed by atoms with Crippen molar-refractivity contribution in [3.63, 3.8) is 0 Å². The van der Waals surface area contributed by atoms with Gasteiger partial charge in [0.1, 0.15) is 10.6 Å². The van der Waals surface area contributed by atoms with Crippen LogP contribution in [-0.4, -0.2) is 38.0 Å². The average Bonchev–Trinajstić information content (AvgIpc) is 2.91. The van der Waals surface area contributed by atoms with E-state index < -0.39 is 10.0 Å². The Hall–Kier alpha value is -1.70. The van der Waals surface area contributed by atoms with E-state index in [0.717, 1.165) is 5.56 Å². The van der Waals surface area contributed by atoms with Gasteiger partial charge in [0, 0.05) is 38.6 Å². The summed E-state index contributed by atoms with van der Waals surface area (Å²) >= 11 is 0. The first-order chi connectivity index (χ1) is 10.5. The Morgan fingerprint density at radius 3 is 2.68 bits per heavy atom. The van der Waals surface area contributed by atoms with E-state index in [0.29, 0.717) is 31.9 Å². The zero-order valence-corrected chi connectivity index (χ0v) is 13.6. The monoisotopic (exact) mass is 323 g/mol. The number of hydrogen-bond acceptors (Lipinski definition) is 4. The number of benzene rings is 1. The van der Waals surface area contributed by atoms with Gasteiger partial charge < -0.3 is 4.74 Å². The van der Waals surface area contributed by atoms with Crippen LogP contribution in [0.15, 0.2) is 41.4 Å². The number of nitrogens with zero attached hydrogens (tertiary/aromatic N) is 2. The third-order valence-corrected chi connectivity index (χ3v) is 4.56. The van der Waals surface area contributed by atoms with Crippen LogP contribution in [0.1, 0.15) is 13.3 Å². The van der Waals surface area contributed by atoms with Crippen molar-refractivity contribution in [2.45, 2.75) is 18.2 Å². The van der Waals surface area contributed by atoms with E-state index in [-0.39, 0.29) is 4.90 Å². The van der Waals surface area contributed by atoms with Crippen LogP contribution in [0.3, 0.4) is 0 Å². The molecule has 0 atom stereocenters. The molecule has 0 bridgehead atoms. The predicted octanol–water partition coefficient (Wildman–Crippen LogP) is 1.79. The Labute approximate surface area is 131 Å². The molecule has 0 aliphatic rings. The predicted molar refractivity (Wildman–Crippen MR) is 84.9 cm³/mol. The fourth-order valence-electron chi connectivity index (χ4n) is 2.06. The Kier molecular flexibility index (Phi) is 5.70. The summed E-state index contributed by atoms with van der Waals surface area (Å²) in [6.07, 6.45) is 2.15. The molecule has 0 saturated carbocycles. The highest BCUT2D eigenvalue weighted by molar-refractivity contribution is 7.89. The zero-order chi connectivity index (χ0) is 16.0. The highest BCUT2D eigenvalue weighted by atomic mass is 32.2. The summed E-state index contributed by atoms with van der Waals surface area (Å²) in [5.41, 5.74) is 1.23. The first kappa shape index (κ1) is 16.7. The molecule has 0 spiro atoms. The van der Waals surface area contributed by atoms with Crippen LogP contribution in [0.5, 0.6) is 0 Å². The van der Waals surface area contributed by atoms with Crippen LogP contribution < -0.4 is 4.72 Å². The molecular formula is C15H21N3O3S. The van der Waals surface area contributed by atoms with Crippen molar-refractivity contribution >= 4 is 10.0 Å². The molecule has 1 aromatic carbocycles. The topological polar surface area (TPSA) is 73.2 Å². The summed E-state index contributed by atoms with van der Waals surface area (Å²) in [5, 5.41) is 4.28. The summed E-state index contributed by atoms with van der Waals surface area (Å²) < 4.78 is 34.2. The van der Waals surface area contributed by atoms with Gasteiger partial charge in [-0.2, -0.15) is 5.10 Å². The van der Waals surface area contributed by atoms with Crippen molar-refractivity contribution in [3.05, 3.63) is 36.5 Å². The summed E-state index contributed by atoms with van der Waals surface area (Å²) in [6, 6.07) is 9.28. The van der Waals surface area contributed by atoms with Gasteiger partial charge in [0.25, 0.3) is 0 Å². The van der Waals surface area contributed by atoms with Crippen LogP contribution in [0.2, 0.25) is 0 Å². The number of rotatable bonds is 8. The quantitative estimate of drug-likeness (QED) is 0.752. The van der Waals surface area contributed by atoms with Gasteiger partial charge in [-0.25, -0.2) is 13.1 Å². The Morgan fingerprint density at radius 2 is 2.00 bits per heavy atom. The second-order valence-electron chi connectivity index (χ2n) is 4.83. The van der Waals surface area contributed by atoms with Gasteiger partial charge >= 0.3 is 0 Å². The molecular weight excluding hydrogens is 302 g/mol. The van der Waals surface area contributed by atoms with Crippen LogP contribution >= 0.6 is 0 Å². The molecule has 0 aliphatic carbocycles. The van der Waals surface area contributed by atoms with E-state index >= 15 is 0 Å². The average molecular weight is 323 g/mol. The van der Waals surface area contributed by atoms with E-state index in [1.54, 1.807) is 7.05 Å². The van der Waals surface area contributed by atoms with Crippen molar-refractivity contribution in [3.8, 4) is 11.3 Å². The van der Waals surface area contributed by atoms with Gasteiger partial charge in [0.05, 0.1) is 0 Å². The largest absolute Gasteiger partial charge is 0.382 e. The van der Waals surface area contributed by atoms with Gasteiger partial charge in [-0.3, -0.25) is 4.68 Å². The summed E-state index contributed by atoms with van der Waals surface area (Å²) in [5.74, 6) is 0. The molecule has 0 aliphatic heterocycles. The van der Waals surface area contributed by atoms with Crippen molar-refractivity contribution in [2.24, 2.45) is 7.05 Å². The molecule has 120 valence electrons. The lowest BCUT2D eigenvalue weighted by Crippen LogP contribution is -2.25. The molecule has 0 unspecified atom stereocenters. The lowest BCUT2D eigenvalue weighted by atomic mass is 10.2. The zero-order valence-electron chi connectivity index (χ0n) is 12.8. The Bertz CT molecular complexity index is 696. The molecule has 7 heteroatoms. The minimum atomic E-state index is -3.59. The van der Waals surface area contributed by atoms with Gasteiger partial charge in [0.15, 0.2) is 0 Å². The normalized spacial score (nSPS) is 11.7. The number of hydrogen-bond donors (Lipinski definition) is 1. The van der Waals surface area contributed by atoms with Gasteiger partial charge in [0.2, 0.25) is 10.0 Å². The summed E-state index contributed by atoms with van der Waals surface area (Å²) in [6.45, 7) is 3.42. The molecule has 0 radical (unpaired) electrons. The van der Waals surface area contributed by atoms with Crippen molar-refractivity contribution in [2.75, 3.05) is 19.8 Å². The third-order valence-electron chi connectivity index (χ3n) is 3.09. The van der Waals surface area contributed by atoms with Gasteiger partial charge in [-0.15, -0.1) is 0 Å². The SMILES string of the molecule is CCOCCCNS(=O)(=O)c1cn(C)nc1-c1ccccc1. The fraction of sp³-hybridized carbons (Fsp3) is 0.400. The second-order valence-corrected chi connectivity index (χ2v) is 6.57. The van der Waals surface area contributed by atoms with E-state index in [4.69, 9.17) is 4.74 Å². The maximum absolute atomic E-state index is 12.5. The first-order valence-corrected chi connectivity index (χ1v) is 8.69. The number of aryl methyl sites for hydroxylation is 1. The van der Waals surface area contributed by atoms with Crippen LogP contribution in [0.4, 0.5) is 0 Å². The lowest BCUT2D eigenvalue weighted by Gasteiger charge is -2.07. The van der Waals surface area contributed by atoms with Crippen LogP contribution in [0, 0.1) is 0 Å². The first-order valence-electron chi connectivity index (χ1n) is 7.21. The minimum absolute atomic E-state index is 0.192. The van der Waals surface area contributed by atoms with E-state index in [2.05, 4.69) is 9.82 Å². The molecule has 0 fully saturated rings.